The lowest BCUT2D eigenvalue weighted by Crippen LogP contribution is -2.26. The maximum absolute atomic E-state index is 14.2. The van der Waals surface area contributed by atoms with E-state index in [1.165, 1.54) is 24.3 Å². The molecule has 0 spiro atoms. The van der Waals surface area contributed by atoms with Gasteiger partial charge in [0.1, 0.15) is 12.4 Å². The molecule has 1 aliphatic rings. The minimum atomic E-state index is -0.443. The number of carbonyl (C=O) groups excluding carboxylic acids is 2. The average Bonchev–Trinajstić information content (AvgIpc) is 3.14. The zero-order valence-electron chi connectivity index (χ0n) is 13.0. The van der Waals surface area contributed by atoms with Crippen LogP contribution in [0, 0.1) is 5.82 Å². The topological polar surface area (TPSA) is 71.5 Å². The van der Waals surface area contributed by atoms with Crippen LogP contribution in [0.3, 0.4) is 0 Å². The molecular weight excluding hydrogens is 333 g/mol. The normalized spacial score (nSPS) is 13.9. The van der Waals surface area contributed by atoms with Crippen molar-refractivity contribution in [3.63, 3.8) is 0 Å². The molecule has 2 amide bonds. The number of aromatic nitrogens is 1. The van der Waals surface area contributed by atoms with Gasteiger partial charge in [-0.15, -0.1) is 11.3 Å². The lowest BCUT2D eigenvalue weighted by Gasteiger charge is -2.10. The molecule has 1 N–H and O–H groups in total. The number of ether oxygens (including phenoxy) is 1. The molecule has 0 saturated carbocycles. The molecular formula is C16H16FN3O3S. The van der Waals surface area contributed by atoms with Gasteiger partial charge in [-0.2, -0.15) is 0 Å². The van der Waals surface area contributed by atoms with Crippen LogP contribution in [0.4, 0.5) is 14.9 Å². The number of amides is 2. The molecule has 2 heterocycles. The summed E-state index contributed by atoms with van der Waals surface area (Å²) in [6.45, 7) is 2.93. The fourth-order valence-electron chi connectivity index (χ4n) is 2.41. The highest BCUT2D eigenvalue weighted by Gasteiger charge is 2.21. The molecule has 3 rings (SSSR count). The van der Waals surface area contributed by atoms with Gasteiger partial charge in [0.25, 0.3) is 0 Å². The van der Waals surface area contributed by atoms with Gasteiger partial charge in [0.15, 0.2) is 0 Å². The molecule has 0 unspecified atom stereocenters. The van der Waals surface area contributed by atoms with Crippen molar-refractivity contribution in [2.24, 2.45) is 0 Å². The number of carbonyl (C=O) groups is 2. The fourth-order valence-corrected chi connectivity index (χ4v) is 3.20. The summed E-state index contributed by atoms with van der Waals surface area (Å²) in [5.41, 5.74) is 1.34. The third kappa shape index (κ3) is 3.70. The molecule has 8 heteroatoms. The van der Waals surface area contributed by atoms with E-state index in [-0.39, 0.29) is 12.0 Å². The van der Waals surface area contributed by atoms with Crippen LogP contribution in [0.1, 0.15) is 11.9 Å². The van der Waals surface area contributed by atoms with E-state index >= 15 is 0 Å². The van der Waals surface area contributed by atoms with Crippen LogP contribution in [0.25, 0.3) is 11.3 Å². The van der Waals surface area contributed by atoms with Gasteiger partial charge in [-0.05, 0) is 18.2 Å². The van der Waals surface area contributed by atoms with E-state index in [1.54, 1.807) is 22.4 Å². The van der Waals surface area contributed by atoms with Gasteiger partial charge < -0.3 is 15.0 Å². The van der Waals surface area contributed by atoms with Crippen LogP contribution in [0.15, 0.2) is 23.6 Å². The van der Waals surface area contributed by atoms with E-state index in [4.69, 9.17) is 4.74 Å². The molecule has 0 bridgehead atoms. The second kappa shape index (κ2) is 6.96. The second-order valence-electron chi connectivity index (χ2n) is 5.35. The van der Waals surface area contributed by atoms with Crippen molar-refractivity contribution in [2.75, 3.05) is 25.0 Å². The Labute approximate surface area is 142 Å². The van der Waals surface area contributed by atoms with Gasteiger partial charge in [-0.3, -0.25) is 4.79 Å². The summed E-state index contributed by atoms with van der Waals surface area (Å²) < 4.78 is 19.1. The minimum Gasteiger partial charge on any atom is -0.448 e. The van der Waals surface area contributed by atoms with Gasteiger partial charge in [0.2, 0.25) is 5.91 Å². The molecule has 1 saturated heterocycles. The summed E-state index contributed by atoms with van der Waals surface area (Å²) in [5, 5.41) is 5.15. The molecule has 2 aromatic rings. The minimum absolute atomic E-state index is 0.251. The second-order valence-corrected chi connectivity index (χ2v) is 6.30. The van der Waals surface area contributed by atoms with Gasteiger partial charge in [0, 0.05) is 36.5 Å². The van der Waals surface area contributed by atoms with Gasteiger partial charge in [-0.25, -0.2) is 14.2 Å². The quantitative estimate of drug-likeness (QED) is 0.901. The lowest BCUT2D eigenvalue weighted by atomic mass is 10.1. The van der Waals surface area contributed by atoms with Crippen molar-refractivity contribution in [3.8, 4) is 11.3 Å². The van der Waals surface area contributed by atoms with Gasteiger partial charge >= 0.3 is 6.09 Å². The number of benzene rings is 1. The highest BCUT2D eigenvalue weighted by atomic mass is 32.1. The summed E-state index contributed by atoms with van der Waals surface area (Å²) in [5.74, 6) is -0.695. The number of rotatable bonds is 5. The number of halogens is 1. The van der Waals surface area contributed by atoms with E-state index < -0.39 is 5.82 Å². The summed E-state index contributed by atoms with van der Waals surface area (Å²) in [6, 6.07) is 4.51. The summed E-state index contributed by atoms with van der Waals surface area (Å²) in [4.78, 5) is 28.4. The fraction of sp³-hybridized carbons (Fsp3) is 0.312. The highest BCUT2D eigenvalue weighted by Crippen LogP contribution is 2.27. The van der Waals surface area contributed by atoms with Crippen LogP contribution in [0.2, 0.25) is 0 Å². The van der Waals surface area contributed by atoms with Crippen LogP contribution in [0.5, 0.6) is 0 Å². The molecule has 126 valence electrons. The van der Waals surface area contributed by atoms with Crippen molar-refractivity contribution >= 4 is 29.0 Å². The molecule has 6 nitrogen and oxygen atoms in total. The Morgan fingerprint density at radius 3 is 3.00 bits per heavy atom. The van der Waals surface area contributed by atoms with Crippen LogP contribution in [-0.2, 0) is 16.0 Å². The highest BCUT2D eigenvalue weighted by molar-refractivity contribution is 7.09. The Hall–Kier alpha value is -2.48. The SMILES string of the molecule is CC(=O)Nc1ccc(-c2csc(CCN3CCOC3=O)n2)c(F)c1. The van der Waals surface area contributed by atoms with Crippen molar-refractivity contribution in [1.29, 1.82) is 0 Å². The first-order valence-electron chi connectivity index (χ1n) is 7.46. The smallest absolute Gasteiger partial charge is 0.409 e. The van der Waals surface area contributed by atoms with Crippen LogP contribution >= 0.6 is 11.3 Å². The summed E-state index contributed by atoms with van der Waals surface area (Å²) in [6.07, 6.45) is 0.303. The Bertz CT molecular complexity index is 778. The number of nitrogens with zero attached hydrogens (tertiary/aromatic N) is 2. The molecule has 1 aromatic carbocycles. The molecule has 0 radical (unpaired) electrons. The van der Waals surface area contributed by atoms with Gasteiger partial charge in [-0.1, -0.05) is 0 Å². The standard InChI is InChI=1S/C16H16FN3O3S/c1-10(21)18-11-2-3-12(13(17)8-11)14-9-24-15(19-14)4-5-20-6-7-23-16(20)22/h2-3,8-9H,4-7H2,1H3,(H,18,21). The first-order chi connectivity index (χ1) is 11.5. The zero-order chi connectivity index (χ0) is 17.1. The van der Waals surface area contributed by atoms with Crippen LogP contribution < -0.4 is 5.32 Å². The third-order valence-electron chi connectivity index (χ3n) is 3.56. The zero-order valence-corrected chi connectivity index (χ0v) is 13.9. The lowest BCUT2D eigenvalue weighted by molar-refractivity contribution is -0.114. The van der Waals surface area contributed by atoms with E-state index in [0.29, 0.717) is 43.1 Å². The maximum Gasteiger partial charge on any atom is 0.409 e. The Balaban J connectivity index is 1.68. The van der Waals surface area contributed by atoms with Crippen LogP contribution in [-0.4, -0.2) is 41.6 Å². The van der Waals surface area contributed by atoms with E-state index in [0.717, 1.165) is 5.01 Å². The van der Waals surface area contributed by atoms with Crippen molar-refractivity contribution < 1.29 is 18.7 Å². The van der Waals surface area contributed by atoms with Crippen molar-refractivity contribution in [2.45, 2.75) is 13.3 Å². The summed E-state index contributed by atoms with van der Waals surface area (Å²) >= 11 is 1.43. The molecule has 24 heavy (non-hydrogen) atoms. The molecule has 1 aliphatic heterocycles. The molecule has 1 aromatic heterocycles. The number of hydrogen-bond acceptors (Lipinski definition) is 5. The maximum atomic E-state index is 14.2. The Morgan fingerprint density at radius 1 is 1.50 bits per heavy atom. The Kier molecular flexibility index (Phi) is 4.75. The first-order valence-corrected chi connectivity index (χ1v) is 8.34. The van der Waals surface area contributed by atoms with E-state index in [9.17, 15) is 14.0 Å². The third-order valence-corrected chi connectivity index (χ3v) is 4.47. The number of nitrogens with one attached hydrogen (secondary N) is 1. The number of anilines is 1. The predicted octanol–water partition coefficient (Wildman–Crippen LogP) is 2.90. The van der Waals surface area contributed by atoms with Crippen molar-refractivity contribution in [3.05, 3.63) is 34.4 Å². The predicted molar refractivity (Wildman–Crippen MR) is 88.4 cm³/mol. The number of hydrogen-bond donors (Lipinski definition) is 1. The molecule has 1 fully saturated rings. The van der Waals surface area contributed by atoms with Crippen molar-refractivity contribution in [1.82, 2.24) is 9.88 Å². The Morgan fingerprint density at radius 2 is 2.33 bits per heavy atom. The number of cyclic esters (lactones) is 1. The van der Waals surface area contributed by atoms with Gasteiger partial charge in [0.05, 0.1) is 17.2 Å². The first kappa shape index (κ1) is 16.4. The largest absolute Gasteiger partial charge is 0.448 e. The monoisotopic (exact) mass is 349 g/mol. The summed E-state index contributed by atoms with van der Waals surface area (Å²) in [7, 11) is 0. The van der Waals surface area contributed by atoms with E-state index in [2.05, 4.69) is 10.3 Å². The molecule has 0 atom stereocenters. The molecule has 0 aliphatic carbocycles. The number of thiazole rings is 1. The van der Waals surface area contributed by atoms with E-state index in [1.807, 2.05) is 0 Å². The average molecular weight is 349 g/mol.